The van der Waals surface area contributed by atoms with Gasteiger partial charge in [-0.1, -0.05) is 36.4 Å². The molecule has 0 aliphatic carbocycles. The van der Waals surface area contributed by atoms with Gasteiger partial charge < -0.3 is 14.8 Å². The van der Waals surface area contributed by atoms with Crippen molar-refractivity contribution in [2.45, 2.75) is 19.0 Å². The fraction of sp³-hybridized carbons (Fsp3) is 0.286. The first-order valence-electron chi connectivity index (χ1n) is 8.66. The van der Waals surface area contributed by atoms with Crippen LogP contribution in [0.1, 0.15) is 22.7 Å². The molecular formula is C21H25N3O2. The number of nitrogens with one attached hydrogen (secondary N) is 1. The minimum atomic E-state index is 0.189. The topological polar surface area (TPSA) is 48.3 Å². The molecule has 3 rings (SSSR count). The first-order valence-corrected chi connectivity index (χ1v) is 8.66. The Kier molecular flexibility index (Phi) is 5.92. The van der Waals surface area contributed by atoms with Gasteiger partial charge in [-0.15, -0.1) is 0 Å². The lowest BCUT2D eigenvalue weighted by molar-refractivity contribution is 0.354. The van der Waals surface area contributed by atoms with Gasteiger partial charge in [0.15, 0.2) is 11.5 Å². The van der Waals surface area contributed by atoms with E-state index in [0.29, 0.717) is 0 Å². The van der Waals surface area contributed by atoms with Gasteiger partial charge in [0, 0.05) is 31.4 Å². The van der Waals surface area contributed by atoms with Crippen molar-refractivity contribution < 1.29 is 9.47 Å². The Labute approximate surface area is 154 Å². The number of aromatic nitrogens is 2. The first-order chi connectivity index (χ1) is 12.7. The number of hydrogen-bond donors (Lipinski definition) is 1. The highest BCUT2D eigenvalue weighted by Crippen LogP contribution is 2.29. The molecule has 26 heavy (non-hydrogen) atoms. The summed E-state index contributed by atoms with van der Waals surface area (Å²) in [6.07, 6.45) is 4.78. The molecule has 2 aromatic carbocycles. The van der Waals surface area contributed by atoms with Crippen LogP contribution in [-0.2, 0) is 20.0 Å². The lowest BCUT2D eigenvalue weighted by Crippen LogP contribution is -2.22. The summed E-state index contributed by atoms with van der Waals surface area (Å²) in [4.78, 5) is 0. The summed E-state index contributed by atoms with van der Waals surface area (Å²) in [5.74, 6) is 1.50. The second-order valence-corrected chi connectivity index (χ2v) is 6.26. The summed E-state index contributed by atoms with van der Waals surface area (Å²) in [5, 5.41) is 7.89. The quantitative estimate of drug-likeness (QED) is 0.675. The van der Waals surface area contributed by atoms with Gasteiger partial charge in [0.2, 0.25) is 0 Å². The third kappa shape index (κ3) is 4.43. The summed E-state index contributed by atoms with van der Waals surface area (Å²) >= 11 is 0. The Hall–Kier alpha value is -2.79. The normalized spacial score (nSPS) is 12.0. The molecule has 1 heterocycles. The fourth-order valence-corrected chi connectivity index (χ4v) is 3.04. The minimum Gasteiger partial charge on any atom is -0.493 e. The largest absolute Gasteiger partial charge is 0.493 e. The van der Waals surface area contributed by atoms with Crippen LogP contribution in [0.3, 0.4) is 0 Å². The average Bonchev–Trinajstić information content (AvgIpc) is 3.10. The number of rotatable bonds is 8. The van der Waals surface area contributed by atoms with E-state index in [-0.39, 0.29) is 6.04 Å². The number of aryl methyl sites for hydroxylation is 1. The molecule has 1 unspecified atom stereocenters. The van der Waals surface area contributed by atoms with Crippen LogP contribution in [0.15, 0.2) is 60.9 Å². The van der Waals surface area contributed by atoms with Crippen LogP contribution in [0.2, 0.25) is 0 Å². The highest BCUT2D eigenvalue weighted by Gasteiger charge is 2.14. The number of ether oxygens (including phenoxy) is 2. The van der Waals surface area contributed by atoms with E-state index in [1.807, 2.05) is 42.3 Å². The highest BCUT2D eigenvalue weighted by atomic mass is 16.5. The molecule has 0 bridgehead atoms. The van der Waals surface area contributed by atoms with E-state index in [4.69, 9.17) is 9.47 Å². The van der Waals surface area contributed by atoms with Crippen molar-refractivity contribution in [3.63, 3.8) is 0 Å². The summed E-state index contributed by atoms with van der Waals surface area (Å²) < 4.78 is 12.6. The second kappa shape index (κ2) is 8.54. The van der Waals surface area contributed by atoms with Gasteiger partial charge in [0.05, 0.1) is 20.4 Å². The first kappa shape index (κ1) is 18.0. The van der Waals surface area contributed by atoms with Crippen molar-refractivity contribution in [3.05, 3.63) is 77.6 Å². The third-order valence-corrected chi connectivity index (χ3v) is 4.40. The Bertz CT molecular complexity index is 830. The van der Waals surface area contributed by atoms with E-state index in [2.05, 4.69) is 40.7 Å². The molecule has 0 saturated heterocycles. The van der Waals surface area contributed by atoms with Crippen LogP contribution < -0.4 is 14.8 Å². The summed E-state index contributed by atoms with van der Waals surface area (Å²) in [5.41, 5.74) is 3.61. The van der Waals surface area contributed by atoms with Crippen LogP contribution in [0.5, 0.6) is 11.5 Å². The zero-order valence-corrected chi connectivity index (χ0v) is 15.5. The third-order valence-electron chi connectivity index (χ3n) is 4.40. The van der Waals surface area contributed by atoms with Crippen molar-refractivity contribution >= 4 is 0 Å². The maximum Gasteiger partial charge on any atom is 0.160 e. The van der Waals surface area contributed by atoms with Gasteiger partial charge in [-0.05, 0) is 29.7 Å². The van der Waals surface area contributed by atoms with E-state index in [0.717, 1.165) is 24.5 Å². The van der Waals surface area contributed by atoms with Crippen LogP contribution >= 0.6 is 0 Å². The number of benzene rings is 2. The van der Waals surface area contributed by atoms with Gasteiger partial charge in [-0.2, -0.15) is 5.10 Å². The Morgan fingerprint density at radius 2 is 1.77 bits per heavy atom. The van der Waals surface area contributed by atoms with E-state index in [9.17, 15) is 0 Å². The highest BCUT2D eigenvalue weighted by molar-refractivity contribution is 5.43. The van der Waals surface area contributed by atoms with E-state index >= 15 is 0 Å². The lowest BCUT2D eigenvalue weighted by atomic mass is 9.98. The van der Waals surface area contributed by atoms with E-state index < -0.39 is 0 Å². The summed E-state index contributed by atoms with van der Waals surface area (Å²) in [7, 11) is 5.25. The second-order valence-electron chi connectivity index (χ2n) is 6.26. The summed E-state index contributed by atoms with van der Waals surface area (Å²) in [6, 6.07) is 16.8. The molecule has 3 aromatic rings. The zero-order chi connectivity index (χ0) is 18.4. The number of methoxy groups -OCH3 is 2. The SMILES string of the molecule is COc1ccc(CC(NCc2cnn(C)c2)c2ccccc2)cc1OC. The predicted octanol–water partition coefficient (Wildman–Crippen LogP) is 3.51. The molecule has 0 aliphatic rings. The molecular weight excluding hydrogens is 326 g/mol. The molecule has 0 spiro atoms. The van der Waals surface area contributed by atoms with Crippen molar-refractivity contribution in [2.75, 3.05) is 14.2 Å². The Balaban J connectivity index is 1.79. The predicted molar refractivity (Wildman–Crippen MR) is 102 cm³/mol. The van der Waals surface area contributed by atoms with Gasteiger partial charge in [-0.25, -0.2) is 0 Å². The molecule has 5 nitrogen and oxygen atoms in total. The van der Waals surface area contributed by atoms with Crippen LogP contribution in [0.4, 0.5) is 0 Å². The zero-order valence-electron chi connectivity index (χ0n) is 15.5. The smallest absolute Gasteiger partial charge is 0.160 e. The van der Waals surface area contributed by atoms with Crippen LogP contribution in [0, 0.1) is 0 Å². The van der Waals surface area contributed by atoms with Crippen molar-refractivity contribution in [1.29, 1.82) is 0 Å². The van der Waals surface area contributed by atoms with E-state index in [1.165, 1.54) is 16.7 Å². The van der Waals surface area contributed by atoms with Gasteiger partial charge in [-0.3, -0.25) is 4.68 Å². The monoisotopic (exact) mass is 351 g/mol. The van der Waals surface area contributed by atoms with E-state index in [1.54, 1.807) is 14.2 Å². The van der Waals surface area contributed by atoms with Crippen LogP contribution in [-0.4, -0.2) is 24.0 Å². The molecule has 0 fully saturated rings. The van der Waals surface area contributed by atoms with Crippen molar-refractivity contribution in [2.24, 2.45) is 7.05 Å². The van der Waals surface area contributed by atoms with Crippen molar-refractivity contribution in [3.8, 4) is 11.5 Å². The average molecular weight is 351 g/mol. The molecule has 0 amide bonds. The molecule has 0 aliphatic heterocycles. The van der Waals surface area contributed by atoms with Gasteiger partial charge in [0.1, 0.15) is 0 Å². The van der Waals surface area contributed by atoms with Gasteiger partial charge in [0.25, 0.3) is 0 Å². The molecule has 1 atom stereocenters. The van der Waals surface area contributed by atoms with Gasteiger partial charge >= 0.3 is 0 Å². The number of hydrogen-bond acceptors (Lipinski definition) is 4. The Morgan fingerprint density at radius 1 is 1.00 bits per heavy atom. The maximum atomic E-state index is 5.44. The lowest BCUT2D eigenvalue weighted by Gasteiger charge is -2.20. The summed E-state index contributed by atoms with van der Waals surface area (Å²) in [6.45, 7) is 0.765. The number of nitrogens with zero attached hydrogens (tertiary/aromatic N) is 2. The fourth-order valence-electron chi connectivity index (χ4n) is 3.04. The standard InChI is InChI=1S/C21H25N3O2/c1-24-15-17(14-23-24)13-22-19(18-7-5-4-6-8-18)11-16-9-10-20(25-2)21(12-16)26-3/h4-10,12,14-15,19,22H,11,13H2,1-3H3. The molecule has 5 heteroatoms. The Morgan fingerprint density at radius 3 is 2.42 bits per heavy atom. The van der Waals surface area contributed by atoms with Crippen LogP contribution in [0.25, 0.3) is 0 Å². The maximum absolute atomic E-state index is 5.44. The molecule has 0 saturated carbocycles. The minimum absolute atomic E-state index is 0.189. The molecule has 1 aromatic heterocycles. The molecule has 136 valence electrons. The molecule has 1 N–H and O–H groups in total. The van der Waals surface area contributed by atoms with Crippen molar-refractivity contribution in [1.82, 2.24) is 15.1 Å². The molecule has 0 radical (unpaired) electrons.